The Labute approximate surface area is 149 Å². The Morgan fingerprint density at radius 2 is 1.72 bits per heavy atom. The molecule has 25 heavy (non-hydrogen) atoms. The monoisotopic (exact) mass is 346 g/mol. The molecule has 1 aliphatic carbocycles. The fourth-order valence-electron chi connectivity index (χ4n) is 2.84. The molecule has 0 N–H and O–H groups in total. The van der Waals surface area contributed by atoms with Crippen molar-refractivity contribution < 1.29 is 23.7 Å². The molecule has 1 aromatic rings. The molecule has 0 heterocycles. The molecule has 0 amide bonds. The maximum absolute atomic E-state index is 12.0. The highest BCUT2D eigenvalue weighted by Gasteiger charge is 2.19. The van der Waals surface area contributed by atoms with Crippen LogP contribution in [0, 0.1) is 11.8 Å². The van der Waals surface area contributed by atoms with Crippen LogP contribution in [0.25, 0.3) is 6.08 Å². The molecule has 0 spiro atoms. The molecular formula is C20H26O5. The lowest BCUT2D eigenvalue weighted by Gasteiger charge is -2.24. The van der Waals surface area contributed by atoms with Gasteiger partial charge in [-0.15, -0.1) is 0 Å². The number of allylic oxidation sites excluding steroid dienone is 2. The minimum Gasteiger partial charge on any atom is -0.493 e. The number of benzene rings is 1. The second-order valence-corrected chi connectivity index (χ2v) is 6.10. The van der Waals surface area contributed by atoms with Gasteiger partial charge in [0.15, 0.2) is 11.5 Å². The second-order valence-electron chi connectivity index (χ2n) is 6.10. The van der Waals surface area contributed by atoms with E-state index in [2.05, 4.69) is 19.1 Å². The molecule has 5 nitrogen and oxygen atoms in total. The lowest BCUT2D eigenvalue weighted by molar-refractivity contribution is -0.139. The minimum absolute atomic E-state index is 0.351. The van der Waals surface area contributed by atoms with Crippen LogP contribution in [-0.4, -0.2) is 33.9 Å². The van der Waals surface area contributed by atoms with E-state index in [0.717, 1.165) is 18.4 Å². The maximum Gasteiger partial charge on any atom is 0.330 e. The normalized spacial score (nSPS) is 19.7. The van der Waals surface area contributed by atoms with Gasteiger partial charge in [0.2, 0.25) is 5.75 Å². The third kappa shape index (κ3) is 5.02. The summed E-state index contributed by atoms with van der Waals surface area (Å²) < 4.78 is 21.3. The summed E-state index contributed by atoms with van der Waals surface area (Å²) in [5.74, 6) is 2.18. The van der Waals surface area contributed by atoms with E-state index in [1.165, 1.54) is 6.08 Å². The molecule has 0 fully saturated rings. The van der Waals surface area contributed by atoms with Crippen LogP contribution in [0.1, 0.15) is 25.3 Å². The minimum atomic E-state index is -0.351. The molecule has 0 radical (unpaired) electrons. The summed E-state index contributed by atoms with van der Waals surface area (Å²) in [5, 5.41) is 0. The van der Waals surface area contributed by atoms with Gasteiger partial charge in [-0.05, 0) is 48.4 Å². The van der Waals surface area contributed by atoms with E-state index in [4.69, 9.17) is 18.9 Å². The Hall–Kier alpha value is -2.43. The molecule has 5 heteroatoms. The number of hydrogen-bond donors (Lipinski definition) is 0. The van der Waals surface area contributed by atoms with Gasteiger partial charge in [-0.1, -0.05) is 19.1 Å². The molecule has 2 rings (SSSR count). The molecule has 2 unspecified atom stereocenters. The number of carbonyl (C=O) groups is 1. The first-order chi connectivity index (χ1) is 12.1. The summed E-state index contributed by atoms with van der Waals surface area (Å²) in [5.41, 5.74) is 0.764. The molecule has 0 aliphatic heterocycles. The highest BCUT2D eigenvalue weighted by atomic mass is 16.5. The lowest BCUT2D eigenvalue weighted by atomic mass is 9.85. The maximum atomic E-state index is 12.0. The van der Waals surface area contributed by atoms with Gasteiger partial charge < -0.3 is 18.9 Å². The summed E-state index contributed by atoms with van der Waals surface area (Å²) in [4.78, 5) is 12.0. The van der Waals surface area contributed by atoms with Crippen LogP contribution in [0.15, 0.2) is 30.4 Å². The third-order valence-electron chi connectivity index (χ3n) is 4.46. The topological polar surface area (TPSA) is 54.0 Å². The van der Waals surface area contributed by atoms with Crippen LogP contribution in [0.4, 0.5) is 0 Å². The molecule has 0 saturated carbocycles. The van der Waals surface area contributed by atoms with Crippen molar-refractivity contribution in [3.8, 4) is 17.2 Å². The van der Waals surface area contributed by atoms with Gasteiger partial charge in [-0.2, -0.15) is 0 Å². The van der Waals surface area contributed by atoms with E-state index in [0.29, 0.717) is 35.7 Å². The molecule has 1 aromatic carbocycles. The van der Waals surface area contributed by atoms with Crippen molar-refractivity contribution in [1.29, 1.82) is 0 Å². The Morgan fingerprint density at radius 3 is 2.28 bits per heavy atom. The van der Waals surface area contributed by atoms with Crippen LogP contribution in [0.2, 0.25) is 0 Å². The third-order valence-corrected chi connectivity index (χ3v) is 4.46. The zero-order chi connectivity index (χ0) is 18.2. The Balaban J connectivity index is 2.00. The quantitative estimate of drug-likeness (QED) is 0.426. The average molecular weight is 346 g/mol. The molecule has 1 aliphatic rings. The SMILES string of the molecule is COc1cc(C=CC(=O)OCC2CC=CCC2C)cc(OC)c1OC. The van der Waals surface area contributed by atoms with Crippen molar-refractivity contribution in [2.75, 3.05) is 27.9 Å². The van der Waals surface area contributed by atoms with Crippen molar-refractivity contribution >= 4 is 12.0 Å². The molecular weight excluding hydrogens is 320 g/mol. The van der Waals surface area contributed by atoms with Crippen molar-refractivity contribution in [1.82, 2.24) is 0 Å². The number of rotatable bonds is 7. The zero-order valence-corrected chi connectivity index (χ0v) is 15.3. The van der Waals surface area contributed by atoms with Crippen molar-refractivity contribution in [3.63, 3.8) is 0 Å². The highest BCUT2D eigenvalue weighted by Crippen LogP contribution is 2.38. The predicted molar refractivity (Wildman–Crippen MR) is 97.1 cm³/mol. The van der Waals surface area contributed by atoms with Crippen LogP contribution in [0.3, 0.4) is 0 Å². The van der Waals surface area contributed by atoms with Crippen LogP contribution >= 0.6 is 0 Å². The van der Waals surface area contributed by atoms with E-state index in [9.17, 15) is 4.79 Å². The zero-order valence-electron chi connectivity index (χ0n) is 15.3. The summed E-state index contributed by atoms with van der Waals surface area (Å²) in [6, 6.07) is 3.55. The van der Waals surface area contributed by atoms with E-state index in [1.54, 1.807) is 39.5 Å². The van der Waals surface area contributed by atoms with Crippen LogP contribution in [-0.2, 0) is 9.53 Å². The highest BCUT2D eigenvalue weighted by molar-refractivity contribution is 5.87. The average Bonchev–Trinajstić information content (AvgIpc) is 2.64. The summed E-state index contributed by atoms with van der Waals surface area (Å²) in [6.45, 7) is 2.64. The molecule has 0 saturated heterocycles. The number of esters is 1. The summed E-state index contributed by atoms with van der Waals surface area (Å²) >= 11 is 0. The van der Waals surface area contributed by atoms with Crippen molar-refractivity contribution in [2.45, 2.75) is 19.8 Å². The first-order valence-corrected chi connectivity index (χ1v) is 8.38. The summed E-state index contributed by atoms with van der Waals surface area (Å²) in [6.07, 6.45) is 9.45. The van der Waals surface area contributed by atoms with Gasteiger partial charge in [0, 0.05) is 6.08 Å². The van der Waals surface area contributed by atoms with Crippen molar-refractivity contribution in [3.05, 3.63) is 35.9 Å². The largest absolute Gasteiger partial charge is 0.493 e. The number of ether oxygens (including phenoxy) is 4. The molecule has 2 atom stereocenters. The van der Waals surface area contributed by atoms with Crippen molar-refractivity contribution in [2.24, 2.45) is 11.8 Å². The predicted octanol–water partition coefficient (Wildman–Crippen LogP) is 3.87. The fourth-order valence-corrected chi connectivity index (χ4v) is 2.84. The standard InChI is InChI=1S/C20H26O5/c1-14-7-5-6-8-16(14)13-25-19(21)10-9-15-11-17(22-2)20(24-4)18(12-15)23-3/h5-6,9-12,14,16H,7-8,13H2,1-4H3. The second kappa shape index (κ2) is 9.16. The molecule has 136 valence electrons. The first-order valence-electron chi connectivity index (χ1n) is 8.38. The van der Waals surface area contributed by atoms with Gasteiger partial charge in [0.05, 0.1) is 27.9 Å². The summed E-state index contributed by atoms with van der Waals surface area (Å²) in [7, 11) is 4.66. The number of hydrogen-bond acceptors (Lipinski definition) is 5. The van der Waals surface area contributed by atoms with E-state index >= 15 is 0 Å². The van der Waals surface area contributed by atoms with E-state index in [-0.39, 0.29) is 5.97 Å². The lowest BCUT2D eigenvalue weighted by Crippen LogP contribution is -2.21. The Kier molecular flexibility index (Phi) is 6.92. The van der Waals surface area contributed by atoms with Gasteiger partial charge in [0.25, 0.3) is 0 Å². The molecule has 0 bridgehead atoms. The van der Waals surface area contributed by atoms with Gasteiger partial charge >= 0.3 is 5.97 Å². The first kappa shape index (κ1) is 18.9. The number of methoxy groups -OCH3 is 3. The smallest absolute Gasteiger partial charge is 0.330 e. The van der Waals surface area contributed by atoms with Crippen LogP contribution in [0.5, 0.6) is 17.2 Å². The molecule has 0 aromatic heterocycles. The van der Waals surface area contributed by atoms with E-state index in [1.807, 2.05) is 0 Å². The van der Waals surface area contributed by atoms with Gasteiger partial charge in [0.1, 0.15) is 0 Å². The van der Waals surface area contributed by atoms with Crippen LogP contribution < -0.4 is 14.2 Å². The van der Waals surface area contributed by atoms with E-state index < -0.39 is 0 Å². The van der Waals surface area contributed by atoms with Gasteiger partial charge in [-0.3, -0.25) is 0 Å². The Morgan fingerprint density at radius 1 is 1.08 bits per heavy atom. The number of carbonyl (C=O) groups excluding carboxylic acids is 1. The Bertz CT molecular complexity index is 622. The fraction of sp³-hybridized carbons (Fsp3) is 0.450. The van der Waals surface area contributed by atoms with Gasteiger partial charge in [-0.25, -0.2) is 4.79 Å².